The Hall–Kier alpha value is -3.50. The number of amides is 1. The summed E-state index contributed by atoms with van der Waals surface area (Å²) in [6, 6.07) is 6.82. The van der Waals surface area contributed by atoms with Crippen molar-refractivity contribution in [2.24, 2.45) is 0 Å². The Morgan fingerprint density at radius 1 is 1.21 bits per heavy atom. The first-order chi connectivity index (χ1) is 15.4. The molecule has 0 spiro atoms. The third-order valence-electron chi connectivity index (χ3n) is 5.10. The van der Waals surface area contributed by atoms with Crippen LogP contribution in [-0.2, 0) is 6.54 Å². The molecule has 8 nitrogen and oxygen atoms in total. The number of halogens is 3. The van der Waals surface area contributed by atoms with E-state index in [2.05, 4.69) is 10.1 Å². The van der Waals surface area contributed by atoms with Gasteiger partial charge in [0, 0.05) is 23.4 Å². The molecule has 0 aliphatic carbocycles. The smallest absolute Gasteiger partial charge is 0.325 e. The zero-order chi connectivity index (χ0) is 24.5. The number of aromatic nitrogens is 3. The molecule has 3 rings (SSSR count). The van der Waals surface area contributed by atoms with Gasteiger partial charge in [-0.05, 0) is 25.8 Å². The molecule has 33 heavy (non-hydrogen) atoms. The molecule has 0 atom stereocenters. The Morgan fingerprint density at radius 2 is 1.88 bits per heavy atom. The van der Waals surface area contributed by atoms with Crippen LogP contribution in [0.2, 0.25) is 0 Å². The molecule has 0 aliphatic rings. The first-order valence-electron chi connectivity index (χ1n) is 10.4. The number of hydrogen-bond donors (Lipinski definition) is 0. The zero-order valence-electron chi connectivity index (χ0n) is 18.6. The van der Waals surface area contributed by atoms with Gasteiger partial charge in [0.2, 0.25) is 0 Å². The quantitative estimate of drug-likeness (QED) is 0.352. The van der Waals surface area contributed by atoms with Crippen LogP contribution in [0.15, 0.2) is 36.5 Å². The topological polar surface area (TPSA) is 94.2 Å². The summed E-state index contributed by atoms with van der Waals surface area (Å²) in [4.78, 5) is 29.3. The predicted molar refractivity (Wildman–Crippen MR) is 116 cm³/mol. The molecule has 176 valence electrons. The summed E-state index contributed by atoms with van der Waals surface area (Å²) in [6.45, 7) is 5.34. The molecule has 2 heterocycles. The number of fused-ring (bicyclic) bond motifs is 1. The van der Waals surface area contributed by atoms with Crippen LogP contribution in [0.1, 0.15) is 61.3 Å². The predicted octanol–water partition coefficient (Wildman–Crippen LogP) is 5.25. The summed E-state index contributed by atoms with van der Waals surface area (Å²) in [7, 11) is 0. The summed E-state index contributed by atoms with van der Waals surface area (Å²) in [5.41, 5.74) is 0.613. The maximum atomic E-state index is 13.5. The lowest BCUT2D eigenvalue weighted by Gasteiger charge is -2.25. The van der Waals surface area contributed by atoms with Gasteiger partial charge < -0.3 is 4.90 Å². The van der Waals surface area contributed by atoms with Crippen LogP contribution < -0.4 is 0 Å². The van der Waals surface area contributed by atoms with Gasteiger partial charge in [0.05, 0.1) is 28.6 Å². The highest BCUT2D eigenvalue weighted by Gasteiger charge is 2.35. The minimum absolute atomic E-state index is 0.00681. The molecule has 0 saturated heterocycles. The van der Waals surface area contributed by atoms with E-state index in [1.165, 1.54) is 36.5 Å². The van der Waals surface area contributed by atoms with E-state index in [1.54, 1.807) is 4.68 Å². The Bertz CT molecular complexity index is 1190. The Kier molecular flexibility index (Phi) is 6.71. The summed E-state index contributed by atoms with van der Waals surface area (Å²) < 4.78 is 41.9. The maximum Gasteiger partial charge on any atom is 0.406 e. The van der Waals surface area contributed by atoms with Gasteiger partial charge in [-0.25, -0.2) is 9.67 Å². The molecule has 11 heteroatoms. The second-order valence-electron chi connectivity index (χ2n) is 8.33. The van der Waals surface area contributed by atoms with Crippen LogP contribution >= 0.6 is 0 Å². The van der Waals surface area contributed by atoms with Crippen LogP contribution in [0, 0.1) is 10.1 Å². The Balaban J connectivity index is 2.14. The van der Waals surface area contributed by atoms with Crippen LogP contribution in [0.3, 0.4) is 0 Å². The molecule has 0 N–H and O–H groups in total. The van der Waals surface area contributed by atoms with Crippen LogP contribution in [0.4, 0.5) is 18.9 Å². The number of carbonyl (C=O) groups is 1. The van der Waals surface area contributed by atoms with Crippen LogP contribution in [-0.4, -0.2) is 43.2 Å². The van der Waals surface area contributed by atoms with Gasteiger partial charge in [-0.1, -0.05) is 32.0 Å². The van der Waals surface area contributed by atoms with Crippen molar-refractivity contribution >= 4 is 22.6 Å². The number of nitro groups is 1. The second kappa shape index (κ2) is 9.16. The van der Waals surface area contributed by atoms with Gasteiger partial charge in [-0.15, -0.1) is 0 Å². The van der Waals surface area contributed by atoms with E-state index in [0.29, 0.717) is 21.6 Å². The average Bonchev–Trinajstić information content (AvgIpc) is 3.15. The van der Waals surface area contributed by atoms with E-state index in [1.807, 2.05) is 27.7 Å². The van der Waals surface area contributed by atoms with Gasteiger partial charge >= 0.3 is 6.18 Å². The highest BCUT2D eigenvalue weighted by molar-refractivity contribution is 6.05. The maximum absolute atomic E-state index is 13.5. The van der Waals surface area contributed by atoms with E-state index < -0.39 is 30.1 Å². The highest BCUT2D eigenvalue weighted by Crippen LogP contribution is 2.28. The van der Waals surface area contributed by atoms with E-state index >= 15 is 0 Å². The zero-order valence-corrected chi connectivity index (χ0v) is 18.6. The first-order valence-corrected chi connectivity index (χ1v) is 10.4. The normalized spacial score (nSPS) is 12.0. The Labute approximate surface area is 188 Å². The van der Waals surface area contributed by atoms with Gasteiger partial charge in [0.15, 0.2) is 5.65 Å². The summed E-state index contributed by atoms with van der Waals surface area (Å²) in [6.07, 6.45) is -3.29. The first kappa shape index (κ1) is 24.1. The highest BCUT2D eigenvalue weighted by atomic mass is 19.4. The monoisotopic (exact) mass is 463 g/mol. The molecule has 0 saturated carbocycles. The van der Waals surface area contributed by atoms with Gasteiger partial charge in [-0.3, -0.25) is 14.9 Å². The number of benzene rings is 1. The lowest BCUT2D eigenvalue weighted by Crippen LogP contribution is -2.38. The van der Waals surface area contributed by atoms with Crippen molar-refractivity contribution in [1.82, 2.24) is 19.7 Å². The third-order valence-corrected chi connectivity index (χ3v) is 5.10. The van der Waals surface area contributed by atoms with Crippen LogP contribution in [0.5, 0.6) is 0 Å². The van der Waals surface area contributed by atoms with Gasteiger partial charge in [0.25, 0.3) is 11.6 Å². The third kappa shape index (κ3) is 5.29. The van der Waals surface area contributed by atoms with Crippen molar-refractivity contribution in [3.63, 3.8) is 0 Å². The van der Waals surface area contributed by atoms with Crippen LogP contribution in [0.25, 0.3) is 11.0 Å². The number of para-hydroxylation sites is 1. The van der Waals surface area contributed by atoms with E-state index in [4.69, 9.17) is 0 Å². The number of nitrogens with zero attached hydrogens (tertiary/aromatic N) is 5. The van der Waals surface area contributed by atoms with Crippen molar-refractivity contribution in [2.75, 3.05) is 6.54 Å². The summed E-state index contributed by atoms with van der Waals surface area (Å²) >= 11 is 0. The minimum Gasteiger partial charge on any atom is -0.325 e. The fraction of sp³-hybridized carbons (Fsp3) is 0.409. The van der Waals surface area contributed by atoms with E-state index in [9.17, 15) is 28.1 Å². The lowest BCUT2D eigenvalue weighted by molar-refractivity contribution is -0.385. The van der Waals surface area contributed by atoms with Crippen molar-refractivity contribution in [3.8, 4) is 0 Å². The molecule has 1 amide bonds. The Morgan fingerprint density at radius 3 is 2.45 bits per heavy atom. The molecule has 0 radical (unpaired) electrons. The molecule has 0 unspecified atom stereocenters. The standard InChI is InChI=1S/C22H24F3N5O3/c1-13(2)18-9-16(17-10-26-29(14(3)4)20(17)27-18)21(31)28(12-22(23,24)25)11-15-7-5-6-8-19(15)30(32)33/h5-10,13-14H,11-12H2,1-4H3. The molecular weight excluding hydrogens is 439 g/mol. The number of rotatable bonds is 7. The fourth-order valence-electron chi connectivity index (χ4n) is 3.50. The van der Waals surface area contributed by atoms with Crippen molar-refractivity contribution < 1.29 is 22.9 Å². The second-order valence-corrected chi connectivity index (χ2v) is 8.33. The summed E-state index contributed by atoms with van der Waals surface area (Å²) in [5.74, 6) is -0.995. The van der Waals surface area contributed by atoms with Gasteiger partial charge in [0.1, 0.15) is 6.54 Å². The SMILES string of the molecule is CC(C)c1cc(C(=O)N(Cc2ccccc2[N+](=O)[O-])CC(F)(F)F)c2cnn(C(C)C)c2n1. The molecule has 0 bridgehead atoms. The van der Waals surface area contributed by atoms with Crippen molar-refractivity contribution in [3.05, 3.63) is 63.5 Å². The summed E-state index contributed by atoms with van der Waals surface area (Å²) in [5, 5.41) is 15.9. The fourth-order valence-corrected chi connectivity index (χ4v) is 3.50. The van der Waals surface area contributed by atoms with E-state index in [-0.39, 0.29) is 28.8 Å². The number of nitro benzene ring substituents is 1. The van der Waals surface area contributed by atoms with Gasteiger partial charge in [-0.2, -0.15) is 18.3 Å². The molecule has 0 aliphatic heterocycles. The van der Waals surface area contributed by atoms with Crippen molar-refractivity contribution in [1.29, 1.82) is 0 Å². The van der Waals surface area contributed by atoms with E-state index in [0.717, 1.165) is 0 Å². The number of hydrogen-bond acceptors (Lipinski definition) is 5. The molecule has 3 aromatic rings. The number of carbonyl (C=O) groups excluding carboxylic acids is 1. The number of alkyl halides is 3. The van der Waals surface area contributed by atoms with Crippen molar-refractivity contribution in [2.45, 2.75) is 52.4 Å². The molecule has 0 fully saturated rings. The largest absolute Gasteiger partial charge is 0.406 e. The number of pyridine rings is 1. The molecule has 1 aromatic carbocycles. The molecular formula is C22H24F3N5O3. The molecule has 2 aromatic heterocycles. The lowest BCUT2D eigenvalue weighted by atomic mass is 10.0. The average molecular weight is 463 g/mol. The minimum atomic E-state index is -4.70.